The molecular formula is C14H17ClN4O. The lowest BCUT2D eigenvalue weighted by atomic mass is 10.1. The van der Waals surface area contributed by atoms with Crippen LogP contribution in [0.1, 0.15) is 28.7 Å². The van der Waals surface area contributed by atoms with Crippen LogP contribution in [0.15, 0.2) is 18.2 Å². The van der Waals surface area contributed by atoms with Crippen LogP contribution in [0.4, 0.5) is 11.4 Å². The van der Waals surface area contributed by atoms with E-state index in [9.17, 15) is 4.79 Å². The molecule has 0 fully saturated rings. The Morgan fingerprint density at radius 3 is 2.75 bits per heavy atom. The molecule has 1 aromatic carbocycles. The van der Waals surface area contributed by atoms with E-state index in [4.69, 9.17) is 11.6 Å². The highest BCUT2D eigenvalue weighted by Crippen LogP contribution is 2.23. The molecule has 0 aliphatic carbocycles. The summed E-state index contributed by atoms with van der Waals surface area (Å²) in [5, 5.41) is 13.4. The first-order chi connectivity index (χ1) is 9.52. The highest BCUT2D eigenvalue weighted by Gasteiger charge is 2.15. The van der Waals surface area contributed by atoms with Crippen LogP contribution in [0.5, 0.6) is 0 Å². The summed E-state index contributed by atoms with van der Waals surface area (Å²) in [4.78, 5) is 12.4. The van der Waals surface area contributed by atoms with Gasteiger partial charge in [-0.05, 0) is 39.0 Å². The van der Waals surface area contributed by atoms with Gasteiger partial charge in [0.15, 0.2) is 0 Å². The monoisotopic (exact) mass is 292 g/mol. The van der Waals surface area contributed by atoms with Crippen molar-refractivity contribution in [3.05, 3.63) is 40.2 Å². The Morgan fingerprint density at radius 2 is 2.15 bits per heavy atom. The van der Waals surface area contributed by atoms with Crippen molar-refractivity contribution in [3.8, 4) is 0 Å². The summed E-state index contributed by atoms with van der Waals surface area (Å²) in [6.45, 7) is 6.40. The van der Waals surface area contributed by atoms with Crippen LogP contribution >= 0.6 is 11.6 Å². The molecule has 0 bridgehead atoms. The Morgan fingerprint density at radius 1 is 1.40 bits per heavy atom. The van der Waals surface area contributed by atoms with E-state index in [0.29, 0.717) is 16.3 Å². The van der Waals surface area contributed by atoms with Gasteiger partial charge in [0.1, 0.15) is 0 Å². The summed E-state index contributed by atoms with van der Waals surface area (Å²) in [6, 6.07) is 5.21. The Balaban J connectivity index is 2.31. The average molecular weight is 293 g/mol. The van der Waals surface area contributed by atoms with E-state index < -0.39 is 0 Å². The van der Waals surface area contributed by atoms with Gasteiger partial charge in [-0.2, -0.15) is 5.10 Å². The number of halogens is 1. The Hall–Kier alpha value is -2.01. The third kappa shape index (κ3) is 2.93. The molecule has 5 nitrogen and oxygen atoms in total. The van der Waals surface area contributed by atoms with Crippen LogP contribution in [0.25, 0.3) is 0 Å². The number of hydrogen-bond acceptors (Lipinski definition) is 3. The van der Waals surface area contributed by atoms with Gasteiger partial charge >= 0.3 is 0 Å². The second-order valence-electron chi connectivity index (χ2n) is 4.48. The maximum absolute atomic E-state index is 12.4. The number of nitrogens with one attached hydrogen (secondary N) is 3. The molecule has 0 spiro atoms. The molecule has 0 saturated heterocycles. The van der Waals surface area contributed by atoms with Crippen molar-refractivity contribution in [1.82, 2.24) is 10.2 Å². The lowest BCUT2D eigenvalue weighted by Crippen LogP contribution is -2.15. The fraction of sp³-hybridized carbons (Fsp3) is 0.286. The molecule has 0 radical (unpaired) electrons. The Bertz CT molecular complexity index is 617. The fourth-order valence-electron chi connectivity index (χ4n) is 1.96. The van der Waals surface area contributed by atoms with Crippen molar-refractivity contribution in [2.45, 2.75) is 20.8 Å². The number of benzene rings is 1. The lowest BCUT2D eigenvalue weighted by molar-refractivity contribution is 0.102. The van der Waals surface area contributed by atoms with Gasteiger partial charge in [0.2, 0.25) is 0 Å². The average Bonchev–Trinajstić information content (AvgIpc) is 2.73. The zero-order valence-electron chi connectivity index (χ0n) is 11.7. The molecule has 6 heteroatoms. The number of aryl methyl sites for hydroxylation is 2. The Kier molecular flexibility index (Phi) is 4.29. The second kappa shape index (κ2) is 5.96. The van der Waals surface area contributed by atoms with Gasteiger partial charge < -0.3 is 10.6 Å². The van der Waals surface area contributed by atoms with Crippen LogP contribution in [0, 0.1) is 13.8 Å². The maximum atomic E-state index is 12.4. The SMILES string of the molecule is CCNc1ccc(Cl)cc1C(=O)Nc1c(C)n[nH]c1C. The fourth-order valence-corrected chi connectivity index (χ4v) is 2.14. The highest BCUT2D eigenvalue weighted by molar-refractivity contribution is 6.31. The predicted molar refractivity (Wildman–Crippen MR) is 81.6 cm³/mol. The quantitative estimate of drug-likeness (QED) is 0.809. The van der Waals surface area contributed by atoms with Crippen LogP contribution in [0.3, 0.4) is 0 Å². The largest absolute Gasteiger partial charge is 0.385 e. The van der Waals surface area contributed by atoms with Gasteiger partial charge in [0.05, 0.1) is 22.6 Å². The number of carbonyl (C=O) groups excluding carboxylic acids is 1. The van der Waals surface area contributed by atoms with E-state index in [1.165, 1.54) is 0 Å². The first kappa shape index (κ1) is 14.4. The van der Waals surface area contributed by atoms with Crippen molar-refractivity contribution in [1.29, 1.82) is 0 Å². The van der Waals surface area contributed by atoms with Gasteiger partial charge in [-0.25, -0.2) is 0 Å². The van der Waals surface area contributed by atoms with Crippen molar-refractivity contribution >= 4 is 28.9 Å². The van der Waals surface area contributed by atoms with E-state index in [0.717, 1.165) is 23.6 Å². The summed E-state index contributed by atoms with van der Waals surface area (Å²) < 4.78 is 0. The minimum absolute atomic E-state index is 0.212. The number of aromatic nitrogens is 2. The van der Waals surface area contributed by atoms with E-state index in [1.54, 1.807) is 18.2 Å². The normalized spacial score (nSPS) is 10.4. The van der Waals surface area contributed by atoms with Crippen LogP contribution < -0.4 is 10.6 Å². The van der Waals surface area contributed by atoms with Crippen LogP contribution in [-0.2, 0) is 0 Å². The van der Waals surface area contributed by atoms with Gasteiger partial charge in [-0.3, -0.25) is 9.89 Å². The molecule has 0 atom stereocenters. The zero-order chi connectivity index (χ0) is 14.7. The first-order valence-electron chi connectivity index (χ1n) is 6.39. The molecule has 2 rings (SSSR count). The molecule has 20 heavy (non-hydrogen) atoms. The minimum Gasteiger partial charge on any atom is -0.385 e. The molecule has 1 heterocycles. The number of aromatic amines is 1. The summed E-state index contributed by atoms with van der Waals surface area (Å²) in [6.07, 6.45) is 0. The zero-order valence-corrected chi connectivity index (χ0v) is 12.4. The number of hydrogen-bond donors (Lipinski definition) is 3. The van der Waals surface area contributed by atoms with Crippen molar-refractivity contribution < 1.29 is 4.79 Å². The molecule has 3 N–H and O–H groups in total. The minimum atomic E-state index is -0.212. The van der Waals surface area contributed by atoms with Crippen LogP contribution in [0.2, 0.25) is 5.02 Å². The van der Waals surface area contributed by atoms with Crippen molar-refractivity contribution in [2.75, 3.05) is 17.2 Å². The number of nitrogens with zero attached hydrogens (tertiary/aromatic N) is 1. The predicted octanol–water partition coefficient (Wildman–Crippen LogP) is 3.36. The summed E-state index contributed by atoms with van der Waals surface area (Å²) in [7, 11) is 0. The maximum Gasteiger partial charge on any atom is 0.257 e. The third-order valence-electron chi connectivity index (χ3n) is 2.96. The van der Waals surface area contributed by atoms with Gasteiger partial charge in [-0.1, -0.05) is 11.6 Å². The first-order valence-corrected chi connectivity index (χ1v) is 6.77. The Labute approximate surface area is 122 Å². The molecule has 1 amide bonds. The molecule has 0 unspecified atom stereocenters. The van der Waals surface area contributed by atoms with Crippen LogP contribution in [-0.4, -0.2) is 22.6 Å². The van der Waals surface area contributed by atoms with E-state index in [-0.39, 0.29) is 5.91 Å². The number of carbonyl (C=O) groups is 1. The molecule has 0 saturated carbocycles. The number of H-pyrrole nitrogens is 1. The molecular weight excluding hydrogens is 276 g/mol. The van der Waals surface area contributed by atoms with E-state index in [1.807, 2.05) is 20.8 Å². The number of amides is 1. The van der Waals surface area contributed by atoms with E-state index in [2.05, 4.69) is 20.8 Å². The molecule has 1 aromatic heterocycles. The van der Waals surface area contributed by atoms with Crippen molar-refractivity contribution in [2.24, 2.45) is 0 Å². The van der Waals surface area contributed by atoms with Crippen molar-refractivity contribution in [3.63, 3.8) is 0 Å². The van der Waals surface area contributed by atoms with Gasteiger partial charge in [0.25, 0.3) is 5.91 Å². The highest BCUT2D eigenvalue weighted by atomic mass is 35.5. The molecule has 106 valence electrons. The standard InChI is InChI=1S/C14H17ClN4O/c1-4-16-12-6-5-10(15)7-11(12)14(20)17-13-8(2)18-19-9(13)3/h5-7,16H,4H2,1-3H3,(H,17,20)(H,18,19). The molecule has 0 aliphatic rings. The summed E-state index contributed by atoms with van der Waals surface area (Å²) in [5.74, 6) is -0.212. The van der Waals surface area contributed by atoms with Gasteiger partial charge in [-0.15, -0.1) is 0 Å². The lowest BCUT2D eigenvalue weighted by Gasteiger charge is -2.11. The molecule has 2 aromatic rings. The summed E-state index contributed by atoms with van der Waals surface area (Å²) in [5.41, 5.74) is 3.55. The summed E-state index contributed by atoms with van der Waals surface area (Å²) >= 11 is 5.98. The third-order valence-corrected chi connectivity index (χ3v) is 3.20. The topological polar surface area (TPSA) is 69.8 Å². The number of anilines is 2. The second-order valence-corrected chi connectivity index (χ2v) is 4.92. The van der Waals surface area contributed by atoms with E-state index >= 15 is 0 Å². The molecule has 0 aliphatic heterocycles. The number of rotatable bonds is 4. The smallest absolute Gasteiger partial charge is 0.257 e. The van der Waals surface area contributed by atoms with Gasteiger partial charge in [0, 0.05) is 17.3 Å².